The second-order valence-electron chi connectivity index (χ2n) is 7.98. The van der Waals surface area contributed by atoms with Gasteiger partial charge in [0.15, 0.2) is 0 Å². The number of nitrogens with one attached hydrogen (secondary N) is 1. The fourth-order valence-corrected chi connectivity index (χ4v) is 4.20. The van der Waals surface area contributed by atoms with Gasteiger partial charge in [0.2, 0.25) is 0 Å². The second-order valence-corrected chi connectivity index (χ2v) is 7.98. The van der Waals surface area contributed by atoms with Gasteiger partial charge in [-0.25, -0.2) is 0 Å². The second kappa shape index (κ2) is 5.94. The molecule has 0 spiro atoms. The molecule has 2 N–H and O–H groups in total. The van der Waals surface area contributed by atoms with Gasteiger partial charge in [0.1, 0.15) is 0 Å². The van der Waals surface area contributed by atoms with Gasteiger partial charge < -0.3 is 15.2 Å². The third-order valence-electron chi connectivity index (χ3n) is 6.25. The van der Waals surface area contributed by atoms with E-state index in [0.717, 1.165) is 12.3 Å². The van der Waals surface area contributed by atoms with Crippen molar-refractivity contribution in [1.82, 2.24) is 5.32 Å². The van der Waals surface area contributed by atoms with Gasteiger partial charge in [0.05, 0.1) is 12.2 Å². The molecule has 118 valence electrons. The molecule has 0 unspecified atom stereocenters. The number of hydrogen-bond acceptors (Lipinski definition) is 3. The van der Waals surface area contributed by atoms with Crippen LogP contribution in [0, 0.1) is 16.7 Å². The molecular weight excluding hydrogens is 250 g/mol. The lowest BCUT2D eigenvalue weighted by atomic mass is 9.70. The van der Waals surface area contributed by atoms with Gasteiger partial charge >= 0.3 is 0 Å². The maximum atomic E-state index is 9.93. The van der Waals surface area contributed by atoms with Crippen molar-refractivity contribution in [1.29, 1.82) is 0 Å². The SMILES string of the molecule is CC(C)NC[C@@H](O)CCO[C@H]1C[C@@H]2CC[C@]1(C)C2(C)C. The molecule has 20 heavy (non-hydrogen) atoms. The van der Waals surface area contributed by atoms with Crippen molar-refractivity contribution in [3.8, 4) is 0 Å². The van der Waals surface area contributed by atoms with Crippen LogP contribution in [0.4, 0.5) is 0 Å². The summed E-state index contributed by atoms with van der Waals surface area (Å²) in [5.74, 6) is 0.824. The number of rotatable bonds is 7. The van der Waals surface area contributed by atoms with Crippen molar-refractivity contribution >= 4 is 0 Å². The van der Waals surface area contributed by atoms with Gasteiger partial charge in [0.25, 0.3) is 0 Å². The fraction of sp³-hybridized carbons (Fsp3) is 1.00. The summed E-state index contributed by atoms with van der Waals surface area (Å²) in [6.45, 7) is 12.8. The van der Waals surface area contributed by atoms with Crippen molar-refractivity contribution in [2.24, 2.45) is 16.7 Å². The summed E-state index contributed by atoms with van der Waals surface area (Å²) in [4.78, 5) is 0. The molecule has 0 saturated heterocycles. The topological polar surface area (TPSA) is 41.5 Å². The van der Waals surface area contributed by atoms with Crippen LogP contribution in [0.1, 0.15) is 60.3 Å². The molecule has 0 amide bonds. The molecule has 2 aliphatic carbocycles. The standard InChI is InChI=1S/C17H33NO2/c1-12(2)18-11-14(19)7-9-20-15-10-13-6-8-17(15,5)16(13,3)4/h12-15,18-19H,6-11H2,1-5H3/t13-,14-,15-,17-/m0/s1. The molecule has 0 heterocycles. The van der Waals surface area contributed by atoms with E-state index in [1.165, 1.54) is 19.3 Å². The number of fused-ring (bicyclic) bond motifs is 2. The average Bonchev–Trinajstić information content (AvgIpc) is 2.69. The van der Waals surface area contributed by atoms with E-state index in [-0.39, 0.29) is 6.10 Å². The Hall–Kier alpha value is -0.120. The summed E-state index contributed by atoms with van der Waals surface area (Å²) in [5.41, 5.74) is 0.744. The molecule has 2 saturated carbocycles. The summed E-state index contributed by atoms with van der Waals surface area (Å²) in [7, 11) is 0. The van der Waals surface area contributed by atoms with Crippen LogP contribution in [0.25, 0.3) is 0 Å². The van der Waals surface area contributed by atoms with Gasteiger partial charge in [-0.05, 0) is 42.4 Å². The van der Waals surface area contributed by atoms with Gasteiger partial charge in [-0.2, -0.15) is 0 Å². The minimum Gasteiger partial charge on any atom is -0.392 e. The number of hydrogen-bond donors (Lipinski definition) is 2. The van der Waals surface area contributed by atoms with Crippen LogP contribution in [0.15, 0.2) is 0 Å². The van der Waals surface area contributed by atoms with Crippen LogP contribution in [-0.2, 0) is 4.74 Å². The molecule has 4 atom stereocenters. The summed E-state index contributed by atoms with van der Waals surface area (Å²) in [6, 6.07) is 0.427. The van der Waals surface area contributed by atoms with E-state index in [1.807, 2.05) is 0 Å². The van der Waals surface area contributed by atoms with Crippen LogP contribution in [-0.4, -0.2) is 36.5 Å². The quantitative estimate of drug-likeness (QED) is 0.755. The molecule has 2 fully saturated rings. The molecule has 0 aromatic rings. The molecular formula is C17H33NO2. The highest BCUT2D eigenvalue weighted by Gasteiger charge is 2.61. The van der Waals surface area contributed by atoms with E-state index in [9.17, 15) is 5.11 Å². The zero-order valence-electron chi connectivity index (χ0n) is 13.9. The smallest absolute Gasteiger partial charge is 0.0686 e. The first-order chi connectivity index (χ1) is 9.27. The molecule has 0 aliphatic heterocycles. The summed E-state index contributed by atoms with van der Waals surface area (Å²) >= 11 is 0. The Labute approximate surface area is 124 Å². The van der Waals surface area contributed by atoms with Crippen molar-refractivity contribution in [2.45, 2.75) is 78.6 Å². The van der Waals surface area contributed by atoms with E-state index < -0.39 is 0 Å². The summed E-state index contributed by atoms with van der Waals surface area (Å²) < 4.78 is 6.17. The van der Waals surface area contributed by atoms with Crippen LogP contribution in [0.5, 0.6) is 0 Å². The molecule has 3 nitrogen and oxygen atoms in total. The zero-order valence-corrected chi connectivity index (χ0v) is 13.9. The summed E-state index contributed by atoms with van der Waals surface area (Å²) in [6.07, 6.45) is 4.71. The maximum absolute atomic E-state index is 9.93. The first-order valence-electron chi connectivity index (χ1n) is 8.30. The van der Waals surface area contributed by atoms with Gasteiger partial charge in [-0.1, -0.05) is 34.6 Å². The largest absolute Gasteiger partial charge is 0.392 e. The minimum atomic E-state index is -0.295. The third-order valence-corrected chi connectivity index (χ3v) is 6.25. The average molecular weight is 283 g/mol. The molecule has 0 aromatic heterocycles. The lowest BCUT2D eigenvalue weighted by Crippen LogP contribution is -2.38. The Morgan fingerprint density at radius 3 is 2.50 bits per heavy atom. The van der Waals surface area contributed by atoms with Crippen molar-refractivity contribution in [3.05, 3.63) is 0 Å². The number of aliphatic hydroxyl groups excluding tert-OH is 1. The molecule has 2 rings (SSSR count). The molecule has 2 aliphatic rings. The fourth-order valence-electron chi connectivity index (χ4n) is 4.20. The normalized spacial score (nSPS) is 36.8. The number of aliphatic hydroxyl groups is 1. The monoisotopic (exact) mass is 283 g/mol. The van der Waals surface area contributed by atoms with E-state index >= 15 is 0 Å². The predicted molar refractivity (Wildman–Crippen MR) is 82.7 cm³/mol. The van der Waals surface area contributed by atoms with Crippen LogP contribution in [0.2, 0.25) is 0 Å². The minimum absolute atomic E-state index is 0.295. The van der Waals surface area contributed by atoms with Gasteiger partial charge in [0, 0.05) is 19.2 Å². The van der Waals surface area contributed by atoms with E-state index in [1.54, 1.807) is 0 Å². The molecule has 3 heteroatoms. The number of ether oxygens (including phenoxy) is 1. The highest BCUT2D eigenvalue weighted by atomic mass is 16.5. The van der Waals surface area contributed by atoms with Gasteiger partial charge in [-0.3, -0.25) is 0 Å². The lowest BCUT2D eigenvalue weighted by molar-refractivity contribution is -0.0546. The highest BCUT2D eigenvalue weighted by molar-refractivity contribution is 5.11. The maximum Gasteiger partial charge on any atom is 0.0686 e. The van der Waals surface area contributed by atoms with Crippen LogP contribution < -0.4 is 5.32 Å². The van der Waals surface area contributed by atoms with Crippen molar-refractivity contribution in [2.75, 3.05) is 13.2 Å². The van der Waals surface area contributed by atoms with Gasteiger partial charge in [-0.15, -0.1) is 0 Å². The van der Waals surface area contributed by atoms with Crippen molar-refractivity contribution in [3.63, 3.8) is 0 Å². The van der Waals surface area contributed by atoms with E-state index in [2.05, 4.69) is 39.9 Å². The Morgan fingerprint density at radius 2 is 2.00 bits per heavy atom. The van der Waals surface area contributed by atoms with E-state index in [0.29, 0.717) is 36.1 Å². The molecule has 0 aromatic carbocycles. The Kier molecular flexibility index (Phi) is 4.83. The lowest BCUT2D eigenvalue weighted by Gasteiger charge is -2.39. The molecule has 2 bridgehead atoms. The Morgan fingerprint density at radius 1 is 1.30 bits per heavy atom. The Balaban J connectivity index is 1.73. The third kappa shape index (κ3) is 2.90. The van der Waals surface area contributed by atoms with Crippen molar-refractivity contribution < 1.29 is 9.84 Å². The highest BCUT2D eigenvalue weighted by Crippen LogP contribution is 2.66. The Bertz CT molecular complexity index is 329. The van der Waals surface area contributed by atoms with Crippen LogP contribution in [0.3, 0.4) is 0 Å². The first-order valence-corrected chi connectivity index (χ1v) is 8.30. The predicted octanol–water partition coefficient (Wildman–Crippen LogP) is 2.97. The summed E-state index contributed by atoms with van der Waals surface area (Å²) in [5, 5.41) is 13.2. The first kappa shape index (κ1) is 16.3. The van der Waals surface area contributed by atoms with E-state index in [4.69, 9.17) is 4.74 Å². The zero-order chi connectivity index (χ0) is 15.0. The molecule has 0 radical (unpaired) electrons. The van der Waals surface area contributed by atoms with Crippen LogP contribution >= 0.6 is 0 Å².